The molecule has 7 nitrogen and oxygen atoms in total. The van der Waals surface area contributed by atoms with E-state index in [9.17, 15) is 14.9 Å². The summed E-state index contributed by atoms with van der Waals surface area (Å²) in [7, 11) is 0. The first-order chi connectivity index (χ1) is 9.08. The lowest BCUT2D eigenvalue weighted by Crippen LogP contribution is -2.00. The summed E-state index contributed by atoms with van der Waals surface area (Å²) < 4.78 is 0. The van der Waals surface area contributed by atoms with Gasteiger partial charge in [-0.3, -0.25) is 15.1 Å². The minimum absolute atomic E-state index is 0.0127. The van der Waals surface area contributed by atoms with Crippen LogP contribution >= 0.6 is 11.8 Å². The number of rotatable bonds is 4. The highest BCUT2D eigenvalue weighted by atomic mass is 32.2. The highest BCUT2D eigenvalue weighted by Crippen LogP contribution is 2.31. The Morgan fingerprint density at radius 3 is 2.74 bits per heavy atom. The first-order valence-electron chi connectivity index (χ1n) is 5.03. The smallest absolute Gasteiger partial charge is 0.336 e. The van der Waals surface area contributed by atoms with Gasteiger partial charge in [0.05, 0.1) is 16.7 Å². The summed E-state index contributed by atoms with van der Waals surface area (Å²) in [4.78, 5) is 29.3. The van der Waals surface area contributed by atoms with Gasteiger partial charge in [-0.1, -0.05) is 11.8 Å². The van der Waals surface area contributed by atoms with Crippen LogP contribution in [0.3, 0.4) is 0 Å². The standard InChI is InChI=1S/C11H7N3O4S/c15-11(16)8-2-1-7(14(17)18)5-9(8)19-10-6-12-3-4-13-10/h1-6H,(H,15,16). The Labute approximate surface area is 111 Å². The number of nitro benzene ring substituents is 1. The average Bonchev–Trinajstić information content (AvgIpc) is 2.39. The van der Waals surface area contributed by atoms with Crippen molar-refractivity contribution in [1.82, 2.24) is 9.97 Å². The number of hydrogen-bond donors (Lipinski definition) is 1. The summed E-state index contributed by atoms with van der Waals surface area (Å²) in [6, 6.07) is 3.58. The van der Waals surface area contributed by atoms with Crippen LogP contribution in [0.2, 0.25) is 0 Å². The molecule has 0 saturated carbocycles. The lowest BCUT2D eigenvalue weighted by atomic mass is 10.2. The quantitative estimate of drug-likeness (QED) is 0.674. The molecule has 0 aliphatic heterocycles. The Balaban J connectivity index is 2.43. The summed E-state index contributed by atoms with van der Waals surface area (Å²) in [5, 5.41) is 20.2. The van der Waals surface area contributed by atoms with Crippen LogP contribution in [0.25, 0.3) is 0 Å². The zero-order chi connectivity index (χ0) is 13.8. The van der Waals surface area contributed by atoms with E-state index in [0.717, 1.165) is 17.8 Å². The van der Waals surface area contributed by atoms with E-state index in [1.807, 2.05) is 0 Å². The molecule has 0 radical (unpaired) electrons. The number of nitro groups is 1. The number of carboxylic acid groups (broad SMARTS) is 1. The highest BCUT2D eigenvalue weighted by Gasteiger charge is 2.16. The molecule has 0 amide bonds. The zero-order valence-electron chi connectivity index (χ0n) is 9.39. The van der Waals surface area contributed by atoms with Gasteiger partial charge in [0.25, 0.3) is 5.69 Å². The molecule has 0 atom stereocenters. The van der Waals surface area contributed by atoms with E-state index in [0.29, 0.717) is 5.03 Å². The second kappa shape index (κ2) is 5.44. The maximum Gasteiger partial charge on any atom is 0.336 e. The van der Waals surface area contributed by atoms with Crippen LogP contribution < -0.4 is 0 Å². The fourth-order valence-corrected chi connectivity index (χ4v) is 2.23. The molecule has 96 valence electrons. The molecule has 2 aromatic rings. The second-order valence-corrected chi connectivity index (χ2v) is 4.45. The molecule has 2 rings (SSSR count). The lowest BCUT2D eigenvalue weighted by Gasteiger charge is -2.04. The number of non-ortho nitro benzene ring substituents is 1. The average molecular weight is 277 g/mol. The highest BCUT2D eigenvalue weighted by molar-refractivity contribution is 7.99. The first-order valence-corrected chi connectivity index (χ1v) is 5.85. The summed E-state index contributed by atoms with van der Waals surface area (Å²) in [6.07, 6.45) is 4.39. The van der Waals surface area contributed by atoms with Gasteiger partial charge in [0.2, 0.25) is 0 Å². The van der Waals surface area contributed by atoms with Gasteiger partial charge < -0.3 is 5.11 Å². The Kier molecular flexibility index (Phi) is 3.71. The summed E-state index contributed by atoms with van der Waals surface area (Å²) in [5.74, 6) is -1.15. The topological polar surface area (TPSA) is 106 Å². The van der Waals surface area contributed by atoms with Gasteiger partial charge in [-0.25, -0.2) is 9.78 Å². The normalized spacial score (nSPS) is 10.1. The van der Waals surface area contributed by atoms with Gasteiger partial charge >= 0.3 is 5.97 Å². The van der Waals surface area contributed by atoms with Gasteiger partial charge in [0.15, 0.2) is 0 Å². The third-order valence-corrected chi connectivity index (χ3v) is 3.14. The molecule has 0 spiro atoms. The number of nitrogens with zero attached hydrogens (tertiary/aromatic N) is 3. The van der Waals surface area contributed by atoms with Crippen LogP contribution in [0.5, 0.6) is 0 Å². The van der Waals surface area contributed by atoms with E-state index in [-0.39, 0.29) is 16.1 Å². The van der Waals surface area contributed by atoms with Crippen molar-refractivity contribution in [3.63, 3.8) is 0 Å². The van der Waals surface area contributed by atoms with Crippen LogP contribution in [-0.2, 0) is 0 Å². The predicted molar refractivity (Wildman–Crippen MR) is 66.2 cm³/mol. The molecule has 0 fully saturated rings. The summed E-state index contributed by atoms with van der Waals surface area (Å²) in [5.41, 5.74) is -0.183. The number of hydrogen-bond acceptors (Lipinski definition) is 6. The molecule has 0 aliphatic rings. The van der Waals surface area contributed by atoms with Crippen molar-refractivity contribution < 1.29 is 14.8 Å². The molecule has 1 N–H and O–H groups in total. The van der Waals surface area contributed by atoms with Gasteiger partial charge in [0, 0.05) is 29.4 Å². The van der Waals surface area contributed by atoms with E-state index in [1.54, 1.807) is 0 Å². The van der Waals surface area contributed by atoms with Crippen molar-refractivity contribution in [2.24, 2.45) is 0 Å². The van der Waals surface area contributed by atoms with Crippen LogP contribution in [0.15, 0.2) is 46.7 Å². The minimum atomic E-state index is -1.15. The fourth-order valence-electron chi connectivity index (χ4n) is 1.34. The molecule has 0 saturated heterocycles. The van der Waals surface area contributed by atoms with E-state index in [1.165, 1.54) is 30.7 Å². The number of benzene rings is 1. The molecule has 8 heteroatoms. The molecule has 1 heterocycles. The van der Waals surface area contributed by atoms with Crippen LogP contribution in [0.1, 0.15) is 10.4 Å². The van der Waals surface area contributed by atoms with Crippen molar-refractivity contribution in [3.8, 4) is 0 Å². The lowest BCUT2D eigenvalue weighted by molar-refractivity contribution is -0.385. The summed E-state index contributed by atoms with van der Waals surface area (Å²) in [6.45, 7) is 0. The molecule has 1 aromatic carbocycles. The number of aromatic carboxylic acids is 1. The first kappa shape index (κ1) is 13.0. The summed E-state index contributed by atoms with van der Waals surface area (Å²) >= 11 is 1.02. The van der Waals surface area contributed by atoms with Gasteiger partial charge in [-0.05, 0) is 6.07 Å². The van der Waals surface area contributed by atoms with Crippen molar-refractivity contribution in [2.75, 3.05) is 0 Å². The fraction of sp³-hybridized carbons (Fsp3) is 0. The SMILES string of the molecule is O=C(O)c1ccc([N+](=O)[O-])cc1Sc1cnccn1. The van der Waals surface area contributed by atoms with Crippen molar-refractivity contribution in [3.05, 3.63) is 52.5 Å². The number of carbonyl (C=O) groups is 1. The zero-order valence-corrected chi connectivity index (χ0v) is 10.2. The number of carboxylic acids is 1. The molecule has 0 bridgehead atoms. The Hall–Kier alpha value is -2.48. The van der Waals surface area contributed by atoms with E-state index < -0.39 is 10.9 Å². The van der Waals surface area contributed by atoms with E-state index >= 15 is 0 Å². The van der Waals surface area contributed by atoms with Crippen LogP contribution in [0.4, 0.5) is 5.69 Å². The van der Waals surface area contributed by atoms with E-state index in [4.69, 9.17) is 5.11 Å². The van der Waals surface area contributed by atoms with E-state index in [2.05, 4.69) is 9.97 Å². The third-order valence-electron chi connectivity index (χ3n) is 2.16. The van der Waals surface area contributed by atoms with Gasteiger partial charge in [-0.15, -0.1) is 0 Å². The molecule has 0 aliphatic carbocycles. The Morgan fingerprint density at radius 1 is 1.37 bits per heavy atom. The van der Waals surface area contributed by atoms with Crippen LogP contribution in [-0.4, -0.2) is 26.0 Å². The van der Waals surface area contributed by atoms with Crippen molar-refractivity contribution in [2.45, 2.75) is 9.92 Å². The van der Waals surface area contributed by atoms with Crippen LogP contribution in [0, 0.1) is 10.1 Å². The Morgan fingerprint density at radius 2 is 2.16 bits per heavy atom. The predicted octanol–water partition coefficient (Wildman–Crippen LogP) is 2.23. The number of aromatic nitrogens is 2. The Bertz CT molecular complexity index is 633. The molecular weight excluding hydrogens is 270 g/mol. The van der Waals surface area contributed by atoms with Gasteiger partial charge in [-0.2, -0.15) is 0 Å². The molecule has 19 heavy (non-hydrogen) atoms. The molecular formula is C11H7N3O4S. The van der Waals surface area contributed by atoms with Crippen molar-refractivity contribution in [1.29, 1.82) is 0 Å². The largest absolute Gasteiger partial charge is 0.478 e. The second-order valence-electron chi connectivity index (χ2n) is 3.39. The molecule has 1 aromatic heterocycles. The molecule has 0 unspecified atom stereocenters. The monoisotopic (exact) mass is 277 g/mol. The third kappa shape index (κ3) is 3.05. The maximum absolute atomic E-state index is 11.1. The minimum Gasteiger partial charge on any atom is -0.478 e. The maximum atomic E-state index is 11.1. The van der Waals surface area contributed by atoms with Crippen molar-refractivity contribution >= 4 is 23.4 Å². The van der Waals surface area contributed by atoms with Gasteiger partial charge in [0.1, 0.15) is 5.03 Å².